The normalized spacial score (nSPS) is 11.2. The highest BCUT2D eigenvalue weighted by molar-refractivity contribution is 7.89. The molecule has 0 unspecified atom stereocenters. The largest absolute Gasteiger partial charge is 0.349 e. The first-order chi connectivity index (χ1) is 10.9. The molecule has 122 valence electrons. The van der Waals surface area contributed by atoms with Gasteiger partial charge in [0.1, 0.15) is 5.69 Å². The Balaban J connectivity index is 1.86. The highest BCUT2D eigenvalue weighted by atomic mass is 35.5. The Morgan fingerprint density at radius 3 is 2.61 bits per heavy atom. The summed E-state index contributed by atoms with van der Waals surface area (Å²) in [4.78, 5) is 16.0. The molecule has 0 atom stereocenters. The Bertz CT molecular complexity index is 809. The first-order valence-electron chi connectivity index (χ1n) is 6.85. The highest BCUT2D eigenvalue weighted by Crippen LogP contribution is 2.14. The van der Waals surface area contributed by atoms with Crippen LogP contribution in [0.4, 0.5) is 0 Å². The van der Waals surface area contributed by atoms with Gasteiger partial charge in [-0.2, -0.15) is 0 Å². The van der Waals surface area contributed by atoms with Gasteiger partial charge >= 0.3 is 0 Å². The molecule has 0 fully saturated rings. The maximum atomic E-state index is 12.0. The van der Waals surface area contributed by atoms with Crippen LogP contribution in [-0.4, -0.2) is 32.4 Å². The van der Waals surface area contributed by atoms with E-state index in [4.69, 9.17) is 11.6 Å². The predicted octanol–water partition coefficient (Wildman–Crippen LogP) is 1.75. The van der Waals surface area contributed by atoms with Crippen LogP contribution in [0.5, 0.6) is 0 Å². The fourth-order valence-corrected chi connectivity index (χ4v) is 3.17. The summed E-state index contributed by atoms with van der Waals surface area (Å²) in [6.45, 7) is 2.00. The lowest BCUT2D eigenvalue weighted by Gasteiger charge is -2.08. The summed E-state index contributed by atoms with van der Waals surface area (Å²) in [6, 6.07) is 11.1. The van der Waals surface area contributed by atoms with Crippen molar-refractivity contribution in [2.45, 2.75) is 11.8 Å². The van der Waals surface area contributed by atoms with E-state index in [9.17, 15) is 13.2 Å². The van der Waals surface area contributed by atoms with E-state index in [2.05, 4.69) is 15.0 Å². The van der Waals surface area contributed by atoms with Gasteiger partial charge in [-0.05, 0) is 37.3 Å². The van der Waals surface area contributed by atoms with Crippen molar-refractivity contribution in [3.63, 3.8) is 0 Å². The van der Waals surface area contributed by atoms with Crippen LogP contribution in [0, 0.1) is 6.92 Å². The van der Waals surface area contributed by atoms with Gasteiger partial charge in [0.05, 0.1) is 4.90 Å². The summed E-state index contributed by atoms with van der Waals surface area (Å²) in [6.07, 6.45) is 0. The molecule has 23 heavy (non-hydrogen) atoms. The summed E-state index contributed by atoms with van der Waals surface area (Å²) in [5.41, 5.74) is 1.03. The molecule has 8 heteroatoms. The maximum Gasteiger partial charge on any atom is 0.269 e. The van der Waals surface area contributed by atoms with Crippen LogP contribution in [0.3, 0.4) is 0 Å². The number of amides is 1. The minimum Gasteiger partial charge on any atom is -0.349 e. The van der Waals surface area contributed by atoms with E-state index in [0.29, 0.717) is 10.7 Å². The first kappa shape index (κ1) is 17.4. The van der Waals surface area contributed by atoms with Crippen molar-refractivity contribution in [2.24, 2.45) is 0 Å². The highest BCUT2D eigenvalue weighted by Gasteiger charge is 2.14. The predicted molar refractivity (Wildman–Crippen MR) is 87.9 cm³/mol. The number of carbonyl (C=O) groups excluding carboxylic acids is 1. The van der Waals surface area contributed by atoms with E-state index >= 15 is 0 Å². The van der Waals surface area contributed by atoms with Gasteiger partial charge in [0.15, 0.2) is 0 Å². The van der Waals surface area contributed by atoms with Gasteiger partial charge in [0.25, 0.3) is 5.91 Å². The van der Waals surface area contributed by atoms with Crippen LogP contribution >= 0.6 is 11.6 Å². The van der Waals surface area contributed by atoms with E-state index in [-0.39, 0.29) is 23.9 Å². The second-order valence-electron chi connectivity index (χ2n) is 4.78. The fraction of sp³-hybridized carbons (Fsp3) is 0.200. The molecule has 0 aliphatic heterocycles. The first-order valence-corrected chi connectivity index (χ1v) is 8.72. The number of benzene rings is 1. The lowest BCUT2D eigenvalue weighted by Crippen LogP contribution is -2.35. The summed E-state index contributed by atoms with van der Waals surface area (Å²) in [5.74, 6) is -0.351. The zero-order valence-corrected chi connectivity index (χ0v) is 14.0. The lowest BCUT2D eigenvalue weighted by atomic mass is 10.3. The molecule has 0 bridgehead atoms. The van der Waals surface area contributed by atoms with E-state index in [1.165, 1.54) is 12.1 Å². The van der Waals surface area contributed by atoms with E-state index in [1.54, 1.807) is 37.3 Å². The van der Waals surface area contributed by atoms with Crippen LogP contribution in [-0.2, 0) is 10.0 Å². The Morgan fingerprint density at radius 1 is 1.17 bits per heavy atom. The topological polar surface area (TPSA) is 88.2 Å². The summed E-state index contributed by atoms with van der Waals surface area (Å²) in [7, 11) is -3.65. The molecule has 2 rings (SSSR count). The number of nitrogens with one attached hydrogen (secondary N) is 2. The van der Waals surface area contributed by atoms with Crippen molar-refractivity contribution < 1.29 is 13.2 Å². The van der Waals surface area contributed by atoms with Gasteiger partial charge in [0, 0.05) is 23.8 Å². The van der Waals surface area contributed by atoms with Crippen molar-refractivity contribution in [3.05, 3.63) is 58.9 Å². The van der Waals surface area contributed by atoms with Crippen molar-refractivity contribution in [1.29, 1.82) is 0 Å². The molecule has 1 heterocycles. The number of rotatable bonds is 6. The van der Waals surface area contributed by atoms with Crippen LogP contribution < -0.4 is 10.0 Å². The standard InChI is InChI=1S/C15H16ClN3O3S/c1-11-4-2-7-14(19-11)15(20)17-8-9-18-23(21,22)13-6-3-5-12(16)10-13/h2-7,10,18H,8-9H2,1H3,(H,17,20). The van der Waals surface area contributed by atoms with E-state index in [0.717, 1.165) is 5.69 Å². The molecule has 6 nitrogen and oxygen atoms in total. The van der Waals surface area contributed by atoms with Crippen molar-refractivity contribution >= 4 is 27.5 Å². The second-order valence-corrected chi connectivity index (χ2v) is 6.98. The number of pyridine rings is 1. The molecular weight excluding hydrogens is 338 g/mol. The van der Waals surface area contributed by atoms with Gasteiger partial charge in [-0.3, -0.25) is 4.79 Å². The SMILES string of the molecule is Cc1cccc(C(=O)NCCNS(=O)(=O)c2cccc(Cl)c2)n1. The zero-order chi connectivity index (χ0) is 16.9. The summed E-state index contributed by atoms with van der Waals surface area (Å²) in [5, 5.41) is 2.95. The number of aromatic nitrogens is 1. The molecule has 0 saturated carbocycles. The Morgan fingerprint density at radius 2 is 1.91 bits per heavy atom. The average molecular weight is 354 g/mol. The number of hydrogen-bond acceptors (Lipinski definition) is 4. The quantitative estimate of drug-likeness (QED) is 0.774. The maximum absolute atomic E-state index is 12.0. The van der Waals surface area contributed by atoms with Crippen LogP contribution in [0.2, 0.25) is 5.02 Å². The van der Waals surface area contributed by atoms with Gasteiger partial charge < -0.3 is 5.32 Å². The summed E-state index contributed by atoms with van der Waals surface area (Å²) < 4.78 is 26.5. The van der Waals surface area contributed by atoms with E-state index < -0.39 is 10.0 Å². The average Bonchev–Trinajstić information content (AvgIpc) is 2.51. The van der Waals surface area contributed by atoms with E-state index in [1.807, 2.05) is 0 Å². The molecule has 0 aliphatic carbocycles. The molecule has 1 amide bonds. The molecular formula is C15H16ClN3O3S. The van der Waals surface area contributed by atoms with Crippen LogP contribution in [0.25, 0.3) is 0 Å². The third-order valence-electron chi connectivity index (χ3n) is 2.93. The van der Waals surface area contributed by atoms with Crippen LogP contribution in [0.15, 0.2) is 47.4 Å². The number of nitrogens with zero attached hydrogens (tertiary/aromatic N) is 1. The molecule has 0 aliphatic rings. The molecule has 1 aromatic carbocycles. The lowest BCUT2D eigenvalue weighted by molar-refractivity contribution is 0.0949. The number of halogens is 1. The number of aryl methyl sites for hydroxylation is 1. The third kappa shape index (κ3) is 5.02. The van der Waals surface area contributed by atoms with Gasteiger partial charge in [-0.15, -0.1) is 0 Å². The smallest absolute Gasteiger partial charge is 0.269 e. The number of sulfonamides is 1. The minimum absolute atomic E-state index is 0.0619. The van der Waals surface area contributed by atoms with Gasteiger partial charge in [-0.1, -0.05) is 23.7 Å². The molecule has 2 aromatic rings. The minimum atomic E-state index is -3.65. The summed E-state index contributed by atoms with van der Waals surface area (Å²) >= 11 is 5.78. The van der Waals surface area contributed by atoms with Crippen LogP contribution in [0.1, 0.15) is 16.2 Å². The molecule has 0 spiro atoms. The zero-order valence-electron chi connectivity index (χ0n) is 12.4. The van der Waals surface area contributed by atoms with Crippen molar-refractivity contribution in [1.82, 2.24) is 15.0 Å². The molecule has 0 radical (unpaired) electrons. The van der Waals surface area contributed by atoms with Gasteiger partial charge in [-0.25, -0.2) is 18.1 Å². The Labute approximate surface area is 139 Å². The number of carbonyl (C=O) groups is 1. The molecule has 1 aromatic heterocycles. The Kier molecular flexibility index (Phi) is 5.70. The Hall–Kier alpha value is -1.96. The molecule has 0 saturated heterocycles. The van der Waals surface area contributed by atoms with Gasteiger partial charge in [0.2, 0.25) is 10.0 Å². The monoisotopic (exact) mass is 353 g/mol. The van der Waals surface area contributed by atoms with Crippen molar-refractivity contribution in [3.8, 4) is 0 Å². The number of hydrogen-bond donors (Lipinski definition) is 2. The molecule has 2 N–H and O–H groups in total. The third-order valence-corrected chi connectivity index (χ3v) is 4.62. The fourth-order valence-electron chi connectivity index (χ4n) is 1.84. The van der Waals surface area contributed by atoms with Crippen molar-refractivity contribution in [2.75, 3.05) is 13.1 Å². The second kappa shape index (κ2) is 7.54.